The van der Waals surface area contributed by atoms with E-state index in [1.165, 1.54) is 25.0 Å². The lowest BCUT2D eigenvalue weighted by Gasteiger charge is -2.12. The molecule has 1 aromatic carbocycles. The lowest BCUT2D eigenvalue weighted by Crippen LogP contribution is -2.21. The summed E-state index contributed by atoms with van der Waals surface area (Å²) in [6.07, 6.45) is 0.953. The van der Waals surface area contributed by atoms with Crippen LogP contribution in [0.2, 0.25) is 0 Å². The fourth-order valence-corrected chi connectivity index (χ4v) is 2.40. The molecule has 1 saturated carbocycles. The zero-order valence-corrected chi connectivity index (χ0v) is 11.4. The predicted molar refractivity (Wildman–Crippen MR) is 71.4 cm³/mol. The third kappa shape index (κ3) is 4.80. The molecule has 1 aliphatic carbocycles. The Morgan fingerprint density at radius 2 is 1.75 bits per heavy atom. The minimum Gasteiger partial charge on any atom is -0.377 e. The lowest BCUT2D eigenvalue weighted by molar-refractivity contribution is -0.137. The number of halogens is 3. The highest BCUT2D eigenvalue weighted by atomic mass is 19.4. The topological polar surface area (TPSA) is 21.3 Å². The van der Waals surface area contributed by atoms with Crippen LogP contribution < -0.4 is 5.32 Å². The van der Waals surface area contributed by atoms with Gasteiger partial charge in [0.1, 0.15) is 0 Å². The molecule has 0 spiro atoms. The Hall–Kier alpha value is -1.07. The van der Waals surface area contributed by atoms with E-state index in [1.807, 2.05) is 0 Å². The van der Waals surface area contributed by atoms with Crippen molar-refractivity contribution in [2.45, 2.75) is 44.5 Å². The van der Waals surface area contributed by atoms with Crippen molar-refractivity contribution in [2.75, 3.05) is 13.2 Å². The van der Waals surface area contributed by atoms with E-state index in [1.54, 1.807) is 0 Å². The number of hydrogen-bond donors (Lipinski definition) is 1. The molecule has 1 N–H and O–H groups in total. The smallest absolute Gasteiger partial charge is 0.377 e. The molecule has 2 nitrogen and oxygen atoms in total. The van der Waals surface area contributed by atoms with Crippen molar-refractivity contribution in [3.8, 4) is 0 Å². The van der Waals surface area contributed by atoms with Crippen molar-refractivity contribution in [3.63, 3.8) is 0 Å². The van der Waals surface area contributed by atoms with E-state index in [0.29, 0.717) is 19.3 Å². The van der Waals surface area contributed by atoms with Gasteiger partial charge in [0.25, 0.3) is 0 Å². The van der Waals surface area contributed by atoms with E-state index < -0.39 is 11.7 Å². The van der Waals surface area contributed by atoms with E-state index in [4.69, 9.17) is 4.74 Å². The average Bonchev–Trinajstić information content (AvgIpc) is 2.91. The summed E-state index contributed by atoms with van der Waals surface area (Å²) in [6, 6.07) is 5.25. The van der Waals surface area contributed by atoms with Crippen LogP contribution >= 0.6 is 0 Å². The Kier molecular flexibility index (Phi) is 5.43. The molecule has 2 rings (SSSR count). The van der Waals surface area contributed by atoms with Crippen molar-refractivity contribution >= 4 is 0 Å². The third-order valence-corrected chi connectivity index (χ3v) is 3.54. The Bertz CT molecular complexity index is 397. The van der Waals surface area contributed by atoms with E-state index in [0.717, 1.165) is 37.1 Å². The van der Waals surface area contributed by atoms with Crippen LogP contribution in [0.3, 0.4) is 0 Å². The summed E-state index contributed by atoms with van der Waals surface area (Å²) in [7, 11) is 0. The van der Waals surface area contributed by atoms with Gasteiger partial charge in [-0.2, -0.15) is 13.2 Å². The molecule has 0 amide bonds. The van der Waals surface area contributed by atoms with Gasteiger partial charge in [0.2, 0.25) is 0 Å². The highest BCUT2D eigenvalue weighted by molar-refractivity contribution is 5.24. The average molecular weight is 287 g/mol. The maximum atomic E-state index is 12.4. The van der Waals surface area contributed by atoms with E-state index >= 15 is 0 Å². The van der Waals surface area contributed by atoms with Gasteiger partial charge in [0.15, 0.2) is 0 Å². The van der Waals surface area contributed by atoms with Crippen LogP contribution in [0, 0.1) is 0 Å². The second-order valence-corrected chi connectivity index (χ2v) is 5.15. The molecule has 0 unspecified atom stereocenters. The van der Waals surface area contributed by atoms with Crippen LogP contribution in [0.4, 0.5) is 13.2 Å². The van der Waals surface area contributed by atoms with Gasteiger partial charge in [0.05, 0.1) is 18.3 Å². The van der Waals surface area contributed by atoms with Gasteiger partial charge in [-0.1, -0.05) is 25.0 Å². The van der Waals surface area contributed by atoms with Crippen molar-refractivity contribution in [3.05, 3.63) is 35.4 Å². The fourth-order valence-electron chi connectivity index (χ4n) is 2.40. The van der Waals surface area contributed by atoms with Gasteiger partial charge >= 0.3 is 6.18 Å². The SMILES string of the molecule is FC(F)(F)c1ccc(CNCCOC2CCCC2)cc1. The van der Waals surface area contributed by atoms with Gasteiger partial charge in [-0.3, -0.25) is 0 Å². The second kappa shape index (κ2) is 7.09. The number of hydrogen-bond acceptors (Lipinski definition) is 2. The molecular weight excluding hydrogens is 267 g/mol. The Morgan fingerprint density at radius 1 is 1.10 bits per heavy atom. The minimum atomic E-state index is -4.26. The molecule has 20 heavy (non-hydrogen) atoms. The Labute approximate surface area is 117 Å². The molecule has 0 heterocycles. The van der Waals surface area contributed by atoms with Crippen molar-refractivity contribution in [1.29, 1.82) is 0 Å². The monoisotopic (exact) mass is 287 g/mol. The number of rotatable bonds is 6. The first-order valence-electron chi connectivity index (χ1n) is 7.04. The molecule has 5 heteroatoms. The fraction of sp³-hybridized carbons (Fsp3) is 0.600. The van der Waals surface area contributed by atoms with Crippen LogP contribution in [0.25, 0.3) is 0 Å². The summed E-state index contributed by atoms with van der Waals surface area (Å²) in [5, 5.41) is 3.18. The molecule has 0 aromatic heterocycles. The Morgan fingerprint density at radius 3 is 2.35 bits per heavy atom. The van der Waals surface area contributed by atoms with Crippen molar-refractivity contribution in [2.24, 2.45) is 0 Å². The standard InChI is InChI=1S/C15H20F3NO/c16-15(17,18)13-7-5-12(6-8-13)11-19-9-10-20-14-3-1-2-4-14/h5-8,14,19H,1-4,9-11H2. The van der Waals surface area contributed by atoms with Gasteiger partial charge < -0.3 is 10.1 Å². The van der Waals surface area contributed by atoms with Gasteiger partial charge in [-0.25, -0.2) is 0 Å². The number of benzene rings is 1. The van der Waals surface area contributed by atoms with Crippen LogP contribution in [0.15, 0.2) is 24.3 Å². The summed E-state index contributed by atoms with van der Waals surface area (Å²) in [5.74, 6) is 0. The zero-order valence-electron chi connectivity index (χ0n) is 11.4. The molecule has 1 aromatic rings. The molecule has 0 saturated heterocycles. The van der Waals surface area contributed by atoms with Crippen LogP contribution in [0.5, 0.6) is 0 Å². The van der Waals surface area contributed by atoms with Crippen molar-refractivity contribution < 1.29 is 17.9 Å². The number of alkyl halides is 3. The van der Waals surface area contributed by atoms with E-state index in [2.05, 4.69) is 5.32 Å². The maximum absolute atomic E-state index is 12.4. The first kappa shape index (κ1) is 15.3. The summed E-state index contributed by atoms with van der Waals surface area (Å²) in [5.41, 5.74) is 0.240. The van der Waals surface area contributed by atoms with E-state index in [-0.39, 0.29) is 0 Å². The van der Waals surface area contributed by atoms with E-state index in [9.17, 15) is 13.2 Å². The van der Waals surface area contributed by atoms with Gasteiger partial charge in [-0.05, 0) is 30.5 Å². The molecule has 0 aliphatic heterocycles. The molecule has 1 aliphatic rings. The maximum Gasteiger partial charge on any atom is 0.416 e. The summed E-state index contributed by atoms with van der Waals surface area (Å²) in [4.78, 5) is 0. The highest BCUT2D eigenvalue weighted by Gasteiger charge is 2.29. The van der Waals surface area contributed by atoms with Crippen molar-refractivity contribution in [1.82, 2.24) is 5.32 Å². The minimum absolute atomic E-state index is 0.405. The molecule has 112 valence electrons. The highest BCUT2D eigenvalue weighted by Crippen LogP contribution is 2.29. The summed E-state index contributed by atoms with van der Waals surface area (Å²) in [6.45, 7) is 1.94. The number of ether oxygens (including phenoxy) is 1. The third-order valence-electron chi connectivity index (χ3n) is 3.54. The second-order valence-electron chi connectivity index (χ2n) is 5.15. The number of nitrogens with one attached hydrogen (secondary N) is 1. The normalized spacial score (nSPS) is 16.8. The quantitative estimate of drug-likeness (QED) is 0.804. The summed E-state index contributed by atoms with van der Waals surface area (Å²) >= 11 is 0. The zero-order chi connectivity index (χ0) is 14.4. The summed E-state index contributed by atoms with van der Waals surface area (Å²) < 4.78 is 42.9. The largest absolute Gasteiger partial charge is 0.416 e. The predicted octanol–water partition coefficient (Wildman–Crippen LogP) is 3.75. The van der Waals surface area contributed by atoms with Crippen LogP contribution in [-0.4, -0.2) is 19.3 Å². The first-order chi connectivity index (χ1) is 9.55. The van der Waals surface area contributed by atoms with Crippen LogP contribution in [0.1, 0.15) is 36.8 Å². The lowest BCUT2D eigenvalue weighted by atomic mass is 10.1. The molecule has 0 atom stereocenters. The molecule has 0 radical (unpaired) electrons. The van der Waals surface area contributed by atoms with Gasteiger partial charge in [0, 0.05) is 13.1 Å². The molecule has 1 fully saturated rings. The molecular formula is C15H20F3NO. The molecule has 0 bridgehead atoms. The van der Waals surface area contributed by atoms with Crippen LogP contribution in [-0.2, 0) is 17.5 Å². The van der Waals surface area contributed by atoms with Gasteiger partial charge in [-0.15, -0.1) is 0 Å². The Balaban J connectivity index is 1.64. The first-order valence-corrected chi connectivity index (χ1v) is 7.04.